The Labute approximate surface area is 75.7 Å². The second kappa shape index (κ2) is 3.08. The third-order valence-corrected chi connectivity index (χ3v) is 2.08. The van der Waals surface area contributed by atoms with Gasteiger partial charge in [-0.3, -0.25) is 4.68 Å². The van der Waals surface area contributed by atoms with Gasteiger partial charge in [-0.2, -0.15) is 5.10 Å². The average Bonchev–Trinajstić information content (AvgIpc) is 2.71. The van der Waals surface area contributed by atoms with Crippen molar-refractivity contribution in [2.24, 2.45) is 0 Å². The van der Waals surface area contributed by atoms with Gasteiger partial charge in [-0.05, 0) is 13.0 Å². The van der Waals surface area contributed by atoms with Gasteiger partial charge in [0.15, 0.2) is 0 Å². The number of aromatic nitrogens is 2. The Morgan fingerprint density at radius 1 is 1.85 bits per heavy atom. The van der Waals surface area contributed by atoms with Gasteiger partial charge in [0.05, 0.1) is 5.69 Å². The number of nitrogens with zero attached hydrogens (tertiary/aromatic N) is 2. The van der Waals surface area contributed by atoms with E-state index in [1.54, 1.807) is 6.20 Å². The minimum Gasteiger partial charge on any atom is -0.447 e. The fourth-order valence-corrected chi connectivity index (χ4v) is 1.45. The summed E-state index contributed by atoms with van der Waals surface area (Å²) in [5.74, 6) is 0. The van der Waals surface area contributed by atoms with Crippen LogP contribution in [0.3, 0.4) is 0 Å². The molecule has 0 radical (unpaired) electrons. The summed E-state index contributed by atoms with van der Waals surface area (Å²) in [6.45, 7) is 3.20. The van der Waals surface area contributed by atoms with Gasteiger partial charge < -0.3 is 10.1 Å². The maximum Gasteiger partial charge on any atom is 0.407 e. The first-order chi connectivity index (χ1) is 6.31. The Kier molecular flexibility index (Phi) is 1.92. The molecule has 1 aliphatic heterocycles. The number of nitrogens with one attached hydrogen (secondary N) is 1. The van der Waals surface area contributed by atoms with E-state index in [9.17, 15) is 4.79 Å². The molecule has 1 N–H and O–H groups in total. The lowest BCUT2D eigenvalue weighted by molar-refractivity contribution is 0.176. The van der Waals surface area contributed by atoms with E-state index in [2.05, 4.69) is 10.4 Å². The largest absolute Gasteiger partial charge is 0.447 e. The second-order valence-corrected chi connectivity index (χ2v) is 2.87. The lowest BCUT2D eigenvalue weighted by Gasteiger charge is -2.08. The van der Waals surface area contributed by atoms with Crippen LogP contribution in [-0.2, 0) is 11.3 Å². The molecule has 2 rings (SSSR count). The molecule has 1 fully saturated rings. The van der Waals surface area contributed by atoms with E-state index in [1.807, 2.05) is 17.7 Å². The fraction of sp³-hybridized carbons (Fsp3) is 0.500. The highest BCUT2D eigenvalue weighted by Crippen LogP contribution is 2.17. The number of amides is 1. The van der Waals surface area contributed by atoms with E-state index < -0.39 is 0 Å². The van der Waals surface area contributed by atoms with Crippen LogP contribution in [0.5, 0.6) is 0 Å². The van der Waals surface area contributed by atoms with Gasteiger partial charge in [-0.25, -0.2) is 4.79 Å². The smallest absolute Gasteiger partial charge is 0.407 e. The van der Waals surface area contributed by atoms with Gasteiger partial charge in [0.25, 0.3) is 0 Å². The molecule has 70 valence electrons. The maximum atomic E-state index is 10.8. The summed E-state index contributed by atoms with van der Waals surface area (Å²) < 4.78 is 6.64. The number of cyclic esters (lactones) is 1. The van der Waals surface area contributed by atoms with Crippen molar-refractivity contribution in [3.05, 3.63) is 18.0 Å². The summed E-state index contributed by atoms with van der Waals surface area (Å²) in [5.41, 5.74) is 0.994. The number of carbonyl (C=O) groups excluding carboxylic acids is 1. The maximum absolute atomic E-state index is 10.8. The van der Waals surface area contributed by atoms with Crippen LogP contribution < -0.4 is 5.32 Å². The van der Waals surface area contributed by atoms with Gasteiger partial charge in [0.2, 0.25) is 0 Å². The zero-order valence-corrected chi connectivity index (χ0v) is 7.36. The van der Waals surface area contributed by atoms with E-state index in [0.29, 0.717) is 6.61 Å². The number of rotatable bonds is 2. The topological polar surface area (TPSA) is 56.2 Å². The summed E-state index contributed by atoms with van der Waals surface area (Å²) in [4.78, 5) is 10.8. The van der Waals surface area contributed by atoms with Crippen LogP contribution in [0.4, 0.5) is 4.79 Å². The highest BCUT2D eigenvalue weighted by Gasteiger charge is 2.25. The van der Waals surface area contributed by atoms with Crippen molar-refractivity contribution in [2.75, 3.05) is 6.61 Å². The van der Waals surface area contributed by atoms with Crippen LogP contribution >= 0.6 is 0 Å². The molecular formula is C8H11N3O2. The molecule has 13 heavy (non-hydrogen) atoms. The van der Waals surface area contributed by atoms with Crippen molar-refractivity contribution in [3.8, 4) is 0 Å². The lowest BCUT2D eigenvalue weighted by Crippen LogP contribution is -2.21. The average molecular weight is 181 g/mol. The van der Waals surface area contributed by atoms with Crippen LogP contribution in [0.1, 0.15) is 18.7 Å². The first kappa shape index (κ1) is 8.10. The highest BCUT2D eigenvalue weighted by atomic mass is 16.6. The number of ether oxygens (including phenoxy) is 1. The second-order valence-electron chi connectivity index (χ2n) is 2.87. The van der Waals surface area contributed by atoms with Gasteiger partial charge in [-0.15, -0.1) is 0 Å². The summed E-state index contributed by atoms with van der Waals surface area (Å²) in [6, 6.07) is 1.85. The molecule has 0 bridgehead atoms. The quantitative estimate of drug-likeness (QED) is 0.730. The van der Waals surface area contributed by atoms with Crippen molar-refractivity contribution in [3.63, 3.8) is 0 Å². The Morgan fingerprint density at radius 3 is 3.31 bits per heavy atom. The highest BCUT2D eigenvalue weighted by molar-refractivity contribution is 5.69. The van der Waals surface area contributed by atoms with E-state index in [4.69, 9.17) is 4.74 Å². The molecule has 1 aromatic rings. The SMILES string of the molecule is CCn1nccc1C1COC(=O)N1. The van der Waals surface area contributed by atoms with Crippen LogP contribution in [0.2, 0.25) is 0 Å². The first-order valence-electron chi connectivity index (χ1n) is 4.26. The summed E-state index contributed by atoms with van der Waals surface area (Å²) >= 11 is 0. The van der Waals surface area contributed by atoms with Gasteiger partial charge in [0, 0.05) is 12.7 Å². The van der Waals surface area contributed by atoms with E-state index in [0.717, 1.165) is 12.2 Å². The Hall–Kier alpha value is -1.52. The third kappa shape index (κ3) is 1.37. The Balaban J connectivity index is 2.20. The minimum atomic E-state index is -0.353. The molecule has 1 amide bonds. The van der Waals surface area contributed by atoms with Crippen molar-refractivity contribution in [2.45, 2.75) is 19.5 Å². The number of alkyl carbamates (subject to hydrolysis) is 1. The zero-order chi connectivity index (χ0) is 9.26. The molecule has 0 aromatic carbocycles. The predicted molar refractivity (Wildman–Crippen MR) is 45.1 cm³/mol. The summed E-state index contributed by atoms with van der Waals surface area (Å²) in [6.07, 6.45) is 1.37. The molecular weight excluding hydrogens is 170 g/mol. The number of hydrogen-bond donors (Lipinski definition) is 1. The molecule has 1 unspecified atom stereocenters. The number of hydrogen-bond acceptors (Lipinski definition) is 3. The van der Waals surface area contributed by atoms with Crippen LogP contribution in [0.25, 0.3) is 0 Å². The molecule has 0 spiro atoms. The minimum absolute atomic E-state index is 0.0463. The summed E-state index contributed by atoms with van der Waals surface area (Å²) in [5, 5.41) is 6.82. The molecule has 0 saturated carbocycles. The molecule has 5 nitrogen and oxygen atoms in total. The first-order valence-corrected chi connectivity index (χ1v) is 4.26. The molecule has 0 aliphatic carbocycles. The molecule has 1 aliphatic rings. The molecule has 5 heteroatoms. The fourth-order valence-electron chi connectivity index (χ4n) is 1.45. The third-order valence-electron chi connectivity index (χ3n) is 2.08. The van der Waals surface area contributed by atoms with Gasteiger partial charge >= 0.3 is 6.09 Å². The van der Waals surface area contributed by atoms with Crippen molar-refractivity contribution >= 4 is 6.09 Å². The van der Waals surface area contributed by atoms with E-state index in [1.165, 1.54) is 0 Å². The van der Waals surface area contributed by atoms with Crippen LogP contribution in [0, 0.1) is 0 Å². The molecule has 1 atom stereocenters. The molecule has 2 heterocycles. The van der Waals surface area contributed by atoms with Gasteiger partial charge in [0.1, 0.15) is 12.6 Å². The lowest BCUT2D eigenvalue weighted by atomic mass is 10.2. The standard InChI is InChI=1S/C8H11N3O2/c1-2-11-7(3-4-9-11)6-5-13-8(12)10-6/h3-4,6H,2,5H2,1H3,(H,10,12). The predicted octanol–water partition coefficient (Wildman–Crippen LogP) is 0.684. The zero-order valence-electron chi connectivity index (χ0n) is 7.36. The van der Waals surface area contributed by atoms with E-state index >= 15 is 0 Å². The van der Waals surface area contributed by atoms with Crippen LogP contribution in [0.15, 0.2) is 12.3 Å². The van der Waals surface area contributed by atoms with Crippen molar-refractivity contribution < 1.29 is 9.53 Å². The Bertz CT molecular complexity index is 321. The molecule has 1 aromatic heterocycles. The van der Waals surface area contributed by atoms with Crippen molar-refractivity contribution in [1.82, 2.24) is 15.1 Å². The summed E-state index contributed by atoms with van der Waals surface area (Å²) in [7, 11) is 0. The van der Waals surface area contributed by atoms with Crippen LogP contribution in [-0.4, -0.2) is 22.5 Å². The van der Waals surface area contributed by atoms with E-state index in [-0.39, 0.29) is 12.1 Å². The number of aryl methyl sites for hydroxylation is 1. The molecule has 1 saturated heterocycles. The monoisotopic (exact) mass is 181 g/mol. The van der Waals surface area contributed by atoms with Crippen molar-refractivity contribution in [1.29, 1.82) is 0 Å². The Morgan fingerprint density at radius 2 is 2.69 bits per heavy atom. The number of carbonyl (C=O) groups is 1. The van der Waals surface area contributed by atoms with Gasteiger partial charge in [-0.1, -0.05) is 0 Å². The normalized spacial score (nSPS) is 21.3.